The van der Waals surface area contributed by atoms with Crippen molar-refractivity contribution >= 4 is 27.5 Å². The SMILES string of the molecule is CNC(c1cncc(OC)c1)c1ccc(Br)c(Cl)c1. The average Bonchev–Trinajstić information content (AvgIpc) is 2.44. The van der Waals surface area contributed by atoms with Crippen molar-refractivity contribution in [3.05, 3.63) is 57.3 Å². The monoisotopic (exact) mass is 340 g/mol. The molecule has 1 N–H and O–H groups in total. The fourth-order valence-electron chi connectivity index (χ4n) is 1.92. The van der Waals surface area contributed by atoms with Crippen LogP contribution in [0.4, 0.5) is 0 Å². The minimum atomic E-state index is 0.0215. The van der Waals surface area contributed by atoms with E-state index in [1.807, 2.05) is 37.5 Å². The predicted octanol–water partition coefficient (Wildman–Crippen LogP) is 3.81. The van der Waals surface area contributed by atoms with Crippen molar-refractivity contribution in [1.29, 1.82) is 0 Å². The van der Waals surface area contributed by atoms with Crippen LogP contribution in [0.3, 0.4) is 0 Å². The number of nitrogens with one attached hydrogen (secondary N) is 1. The first kappa shape index (κ1) is 14.3. The summed E-state index contributed by atoms with van der Waals surface area (Å²) < 4.78 is 6.09. The van der Waals surface area contributed by atoms with Gasteiger partial charge in [-0.2, -0.15) is 0 Å². The average molecular weight is 342 g/mol. The Morgan fingerprint density at radius 2 is 2.05 bits per heavy atom. The highest BCUT2D eigenvalue weighted by molar-refractivity contribution is 9.10. The zero-order chi connectivity index (χ0) is 13.8. The molecule has 1 heterocycles. The molecular weight excluding hydrogens is 328 g/mol. The lowest BCUT2D eigenvalue weighted by molar-refractivity contribution is 0.411. The summed E-state index contributed by atoms with van der Waals surface area (Å²) >= 11 is 9.54. The summed E-state index contributed by atoms with van der Waals surface area (Å²) in [5.41, 5.74) is 2.10. The van der Waals surface area contributed by atoms with E-state index in [0.29, 0.717) is 5.02 Å². The van der Waals surface area contributed by atoms with Gasteiger partial charge in [0.15, 0.2) is 0 Å². The maximum atomic E-state index is 6.15. The van der Waals surface area contributed by atoms with Gasteiger partial charge < -0.3 is 10.1 Å². The van der Waals surface area contributed by atoms with Crippen LogP contribution in [0.1, 0.15) is 17.2 Å². The van der Waals surface area contributed by atoms with Gasteiger partial charge in [0.05, 0.1) is 24.4 Å². The number of pyridine rings is 1. The highest BCUT2D eigenvalue weighted by atomic mass is 79.9. The van der Waals surface area contributed by atoms with E-state index >= 15 is 0 Å². The van der Waals surface area contributed by atoms with Crippen molar-refractivity contribution in [2.75, 3.05) is 14.2 Å². The topological polar surface area (TPSA) is 34.2 Å². The van der Waals surface area contributed by atoms with Gasteiger partial charge >= 0.3 is 0 Å². The van der Waals surface area contributed by atoms with Crippen LogP contribution in [0.2, 0.25) is 5.02 Å². The first-order valence-corrected chi connectivity index (χ1v) is 6.94. The molecule has 100 valence electrons. The molecule has 1 atom stereocenters. The molecule has 0 spiro atoms. The number of nitrogens with zero attached hydrogens (tertiary/aromatic N) is 1. The summed E-state index contributed by atoms with van der Waals surface area (Å²) in [7, 11) is 3.53. The van der Waals surface area contributed by atoms with Crippen LogP contribution in [-0.4, -0.2) is 19.1 Å². The van der Waals surface area contributed by atoms with Crippen LogP contribution in [0.5, 0.6) is 5.75 Å². The smallest absolute Gasteiger partial charge is 0.137 e. The van der Waals surface area contributed by atoms with Crippen LogP contribution >= 0.6 is 27.5 Å². The lowest BCUT2D eigenvalue weighted by Crippen LogP contribution is -2.17. The van der Waals surface area contributed by atoms with Crippen LogP contribution in [0, 0.1) is 0 Å². The van der Waals surface area contributed by atoms with Crippen molar-refractivity contribution in [2.45, 2.75) is 6.04 Å². The Labute approximate surface area is 126 Å². The molecule has 3 nitrogen and oxygen atoms in total. The molecule has 0 fully saturated rings. The number of rotatable bonds is 4. The maximum Gasteiger partial charge on any atom is 0.137 e. The first-order chi connectivity index (χ1) is 9.15. The third-order valence-electron chi connectivity index (χ3n) is 2.87. The fraction of sp³-hybridized carbons (Fsp3) is 0.214. The third-order valence-corrected chi connectivity index (χ3v) is 4.10. The van der Waals surface area contributed by atoms with Crippen LogP contribution < -0.4 is 10.1 Å². The van der Waals surface area contributed by atoms with Crippen LogP contribution in [0.25, 0.3) is 0 Å². The van der Waals surface area contributed by atoms with Gasteiger partial charge in [0.25, 0.3) is 0 Å². The molecule has 0 bridgehead atoms. The second-order valence-corrected chi connectivity index (χ2v) is 5.31. The summed E-state index contributed by atoms with van der Waals surface area (Å²) in [6.07, 6.45) is 3.50. The second kappa shape index (κ2) is 6.37. The summed E-state index contributed by atoms with van der Waals surface area (Å²) in [6, 6.07) is 7.89. The van der Waals surface area contributed by atoms with Crippen molar-refractivity contribution < 1.29 is 4.74 Å². The lowest BCUT2D eigenvalue weighted by Gasteiger charge is -2.18. The van der Waals surface area contributed by atoms with Crippen molar-refractivity contribution in [1.82, 2.24) is 10.3 Å². The van der Waals surface area contributed by atoms with Gasteiger partial charge in [-0.25, -0.2) is 0 Å². The molecule has 0 saturated carbocycles. The zero-order valence-electron chi connectivity index (χ0n) is 10.7. The van der Waals surface area contributed by atoms with Gasteiger partial charge in [-0.15, -0.1) is 0 Å². The van der Waals surface area contributed by atoms with Gasteiger partial charge in [-0.05, 0) is 52.3 Å². The van der Waals surface area contributed by atoms with E-state index < -0.39 is 0 Å². The molecule has 2 aromatic rings. The van der Waals surface area contributed by atoms with E-state index in [2.05, 4.69) is 26.2 Å². The van der Waals surface area contributed by atoms with Gasteiger partial charge in [0.1, 0.15) is 5.75 Å². The van der Waals surface area contributed by atoms with Crippen LogP contribution in [0.15, 0.2) is 41.1 Å². The summed E-state index contributed by atoms with van der Waals surface area (Å²) in [5, 5.41) is 3.95. The van der Waals surface area contributed by atoms with Crippen molar-refractivity contribution in [2.24, 2.45) is 0 Å². The van der Waals surface area contributed by atoms with Crippen LogP contribution in [-0.2, 0) is 0 Å². The molecule has 1 unspecified atom stereocenters. The standard InChI is InChI=1S/C14H14BrClN2O/c1-17-14(9-3-4-12(15)13(16)6-9)10-5-11(19-2)8-18-7-10/h3-8,14,17H,1-2H3. The molecule has 5 heteroatoms. The molecule has 2 rings (SSSR count). The molecular formula is C14H14BrClN2O. The van der Waals surface area contributed by atoms with E-state index in [4.69, 9.17) is 16.3 Å². The Kier molecular flexibility index (Phi) is 4.80. The van der Waals surface area contributed by atoms with E-state index in [9.17, 15) is 0 Å². The normalized spacial score (nSPS) is 12.2. The maximum absolute atomic E-state index is 6.15. The lowest BCUT2D eigenvalue weighted by atomic mass is 10.0. The Bertz CT molecular complexity index is 577. The molecule has 0 aliphatic heterocycles. The largest absolute Gasteiger partial charge is 0.495 e. The molecule has 0 aliphatic carbocycles. The van der Waals surface area contributed by atoms with E-state index in [0.717, 1.165) is 21.3 Å². The molecule has 0 aliphatic rings. The van der Waals surface area contributed by atoms with Crippen molar-refractivity contribution in [3.8, 4) is 5.75 Å². The van der Waals surface area contributed by atoms with Gasteiger partial charge in [0, 0.05) is 10.7 Å². The molecule has 1 aromatic heterocycles. The van der Waals surface area contributed by atoms with E-state index in [1.165, 1.54) is 0 Å². The number of methoxy groups -OCH3 is 1. The number of hydrogen-bond donors (Lipinski definition) is 1. The molecule has 0 amide bonds. The van der Waals surface area contributed by atoms with E-state index in [-0.39, 0.29) is 6.04 Å². The van der Waals surface area contributed by atoms with Gasteiger partial charge in [0.2, 0.25) is 0 Å². The minimum Gasteiger partial charge on any atom is -0.495 e. The number of aromatic nitrogens is 1. The number of hydrogen-bond acceptors (Lipinski definition) is 3. The first-order valence-electron chi connectivity index (χ1n) is 5.77. The molecule has 0 radical (unpaired) electrons. The van der Waals surface area contributed by atoms with E-state index in [1.54, 1.807) is 13.3 Å². The summed E-state index contributed by atoms with van der Waals surface area (Å²) in [5.74, 6) is 0.737. The minimum absolute atomic E-state index is 0.0215. The third kappa shape index (κ3) is 3.26. The molecule has 1 aromatic carbocycles. The highest BCUT2D eigenvalue weighted by Gasteiger charge is 2.14. The molecule has 0 saturated heterocycles. The Morgan fingerprint density at radius 3 is 2.68 bits per heavy atom. The second-order valence-electron chi connectivity index (χ2n) is 4.05. The predicted molar refractivity (Wildman–Crippen MR) is 80.8 cm³/mol. The van der Waals surface area contributed by atoms with Crippen molar-refractivity contribution in [3.63, 3.8) is 0 Å². The number of benzene rings is 1. The summed E-state index contributed by atoms with van der Waals surface area (Å²) in [6.45, 7) is 0. The quantitative estimate of drug-likeness (QED) is 0.918. The Hall–Kier alpha value is -1.10. The Morgan fingerprint density at radius 1 is 1.26 bits per heavy atom. The van der Waals surface area contributed by atoms with Gasteiger partial charge in [-0.1, -0.05) is 17.7 Å². The zero-order valence-corrected chi connectivity index (χ0v) is 13.0. The highest BCUT2D eigenvalue weighted by Crippen LogP contribution is 2.29. The molecule has 19 heavy (non-hydrogen) atoms. The summed E-state index contributed by atoms with van der Waals surface area (Å²) in [4.78, 5) is 4.18. The number of ether oxygens (including phenoxy) is 1. The van der Waals surface area contributed by atoms with Gasteiger partial charge in [-0.3, -0.25) is 4.98 Å². The fourth-order valence-corrected chi connectivity index (χ4v) is 2.36. The Balaban J connectivity index is 2.40. The number of halogens is 2.